The Bertz CT molecular complexity index is 1330. The molecule has 0 fully saturated rings. The van der Waals surface area contributed by atoms with E-state index in [4.69, 9.17) is 10.5 Å². The molecule has 0 radical (unpaired) electrons. The van der Waals surface area contributed by atoms with E-state index >= 15 is 0 Å². The number of sulfonamides is 1. The van der Waals surface area contributed by atoms with E-state index < -0.39 is 10.0 Å². The van der Waals surface area contributed by atoms with Crippen molar-refractivity contribution < 1.29 is 13.2 Å². The molecule has 32 heavy (non-hydrogen) atoms. The fraction of sp³-hybridized carbons (Fsp3) is 0.208. The first-order chi connectivity index (χ1) is 15.4. The Hall–Kier alpha value is -3.52. The van der Waals surface area contributed by atoms with E-state index in [2.05, 4.69) is 21.2 Å². The molecule has 0 aliphatic carbocycles. The molecule has 0 aliphatic heterocycles. The predicted molar refractivity (Wildman–Crippen MR) is 129 cm³/mol. The average Bonchev–Trinajstić information content (AvgIpc) is 3.09. The molecular weight excluding hydrogens is 424 g/mol. The van der Waals surface area contributed by atoms with Gasteiger partial charge in [-0.05, 0) is 50.2 Å². The largest absolute Gasteiger partial charge is 0.487 e. The van der Waals surface area contributed by atoms with Gasteiger partial charge in [0.25, 0.3) is 0 Å². The maximum absolute atomic E-state index is 11.8. The van der Waals surface area contributed by atoms with E-state index in [1.165, 1.54) is 0 Å². The quantitative estimate of drug-likeness (QED) is 0.407. The van der Waals surface area contributed by atoms with E-state index in [1.54, 1.807) is 25.3 Å². The molecule has 3 N–H and O–H groups in total. The van der Waals surface area contributed by atoms with Crippen LogP contribution in [0.15, 0.2) is 66.9 Å². The first kappa shape index (κ1) is 21.7. The van der Waals surface area contributed by atoms with E-state index in [-0.39, 0.29) is 5.75 Å². The van der Waals surface area contributed by atoms with Crippen molar-refractivity contribution in [2.24, 2.45) is 0 Å². The first-order valence-electron chi connectivity index (χ1n) is 10.5. The highest BCUT2D eigenvalue weighted by Gasteiger charge is 2.17. The van der Waals surface area contributed by atoms with Crippen LogP contribution in [0.25, 0.3) is 22.2 Å². The van der Waals surface area contributed by atoms with Crippen LogP contribution in [-0.4, -0.2) is 23.7 Å². The van der Waals surface area contributed by atoms with E-state index in [0.717, 1.165) is 40.1 Å². The molecule has 0 saturated carbocycles. The van der Waals surface area contributed by atoms with Gasteiger partial charge in [-0.3, -0.25) is 9.71 Å². The number of hydrogen-bond acceptors (Lipinski definition) is 5. The fourth-order valence-electron chi connectivity index (χ4n) is 3.67. The van der Waals surface area contributed by atoms with Gasteiger partial charge in [0, 0.05) is 35.4 Å². The van der Waals surface area contributed by atoms with Gasteiger partial charge < -0.3 is 15.0 Å². The van der Waals surface area contributed by atoms with Crippen molar-refractivity contribution in [3.05, 3.63) is 72.6 Å². The lowest BCUT2D eigenvalue weighted by atomic mass is 10.1. The Morgan fingerprint density at radius 3 is 2.50 bits per heavy atom. The third-order valence-electron chi connectivity index (χ3n) is 5.32. The van der Waals surface area contributed by atoms with E-state index in [9.17, 15) is 8.42 Å². The lowest BCUT2D eigenvalue weighted by molar-refractivity contribution is 0.301. The van der Waals surface area contributed by atoms with Gasteiger partial charge in [0.15, 0.2) is 0 Å². The van der Waals surface area contributed by atoms with Crippen molar-refractivity contribution in [3.63, 3.8) is 0 Å². The van der Waals surface area contributed by atoms with Gasteiger partial charge in [-0.2, -0.15) is 0 Å². The number of nitrogens with two attached hydrogens (primary N) is 1. The van der Waals surface area contributed by atoms with Crippen molar-refractivity contribution in [2.45, 2.75) is 27.0 Å². The third-order valence-corrected chi connectivity index (χ3v) is 6.62. The Balaban J connectivity index is 1.67. The number of ether oxygens (including phenoxy) is 1. The SMILES string of the molecule is CCn1c(-c2ccc(NS(=O)(=O)CC)cc2)c(N)c2ccc(OCc3ccccn3)cc21. The molecule has 8 heteroatoms. The van der Waals surface area contributed by atoms with Crippen molar-refractivity contribution in [2.75, 3.05) is 16.2 Å². The highest BCUT2D eigenvalue weighted by atomic mass is 32.2. The number of aromatic nitrogens is 2. The second-order valence-corrected chi connectivity index (χ2v) is 9.39. The molecule has 2 aromatic heterocycles. The molecule has 2 aromatic carbocycles. The minimum Gasteiger partial charge on any atom is -0.487 e. The maximum atomic E-state index is 11.8. The average molecular weight is 451 g/mol. The number of benzene rings is 2. The number of nitrogens with one attached hydrogen (secondary N) is 1. The highest BCUT2D eigenvalue weighted by molar-refractivity contribution is 7.92. The number of fused-ring (bicyclic) bond motifs is 1. The van der Waals surface area contributed by atoms with E-state index in [0.29, 0.717) is 18.0 Å². The molecule has 2 heterocycles. The Morgan fingerprint density at radius 2 is 1.84 bits per heavy atom. The predicted octanol–water partition coefficient (Wildman–Crippen LogP) is 4.65. The summed E-state index contributed by atoms with van der Waals surface area (Å²) in [4.78, 5) is 4.29. The van der Waals surface area contributed by atoms with Gasteiger partial charge in [0.05, 0.1) is 28.3 Å². The molecular formula is C24H26N4O3S. The summed E-state index contributed by atoms with van der Waals surface area (Å²) in [7, 11) is -3.32. The van der Waals surface area contributed by atoms with Crippen LogP contribution in [0.5, 0.6) is 5.75 Å². The lowest BCUT2D eigenvalue weighted by Crippen LogP contribution is -2.14. The van der Waals surface area contributed by atoms with Gasteiger partial charge in [0.1, 0.15) is 12.4 Å². The van der Waals surface area contributed by atoms with E-state index in [1.807, 2.05) is 48.5 Å². The summed E-state index contributed by atoms with van der Waals surface area (Å²) in [6.07, 6.45) is 1.75. The minimum atomic E-state index is -3.32. The maximum Gasteiger partial charge on any atom is 0.232 e. The number of nitrogen functional groups attached to an aromatic ring is 1. The van der Waals surface area contributed by atoms with Gasteiger partial charge in [0.2, 0.25) is 10.0 Å². The normalized spacial score (nSPS) is 11.6. The summed E-state index contributed by atoms with van der Waals surface area (Å²) in [6, 6.07) is 18.9. The highest BCUT2D eigenvalue weighted by Crippen LogP contribution is 2.38. The van der Waals surface area contributed by atoms with Crippen molar-refractivity contribution in [1.29, 1.82) is 0 Å². The van der Waals surface area contributed by atoms with Crippen LogP contribution in [0.3, 0.4) is 0 Å². The number of anilines is 2. The van der Waals surface area contributed by atoms with Crippen LogP contribution in [0.2, 0.25) is 0 Å². The van der Waals surface area contributed by atoms with Gasteiger partial charge in [-0.15, -0.1) is 0 Å². The van der Waals surface area contributed by atoms with Crippen LogP contribution in [0.1, 0.15) is 19.5 Å². The second kappa shape index (κ2) is 8.92. The van der Waals surface area contributed by atoms with Gasteiger partial charge >= 0.3 is 0 Å². The van der Waals surface area contributed by atoms with Crippen molar-refractivity contribution in [1.82, 2.24) is 9.55 Å². The summed E-state index contributed by atoms with van der Waals surface area (Å²) in [5.74, 6) is 0.766. The molecule has 0 unspecified atom stereocenters. The molecule has 4 rings (SSSR count). The van der Waals surface area contributed by atoms with Crippen LogP contribution < -0.4 is 15.2 Å². The summed E-state index contributed by atoms with van der Waals surface area (Å²) in [5.41, 5.74) is 11.4. The topological polar surface area (TPSA) is 99.2 Å². The first-order valence-corrected chi connectivity index (χ1v) is 12.1. The van der Waals surface area contributed by atoms with Crippen molar-refractivity contribution in [3.8, 4) is 17.0 Å². The lowest BCUT2D eigenvalue weighted by Gasteiger charge is -2.11. The van der Waals surface area contributed by atoms with Crippen LogP contribution in [-0.2, 0) is 23.2 Å². The molecule has 166 valence electrons. The van der Waals surface area contributed by atoms with Gasteiger partial charge in [-0.1, -0.05) is 18.2 Å². The number of nitrogens with zero attached hydrogens (tertiary/aromatic N) is 2. The fourth-order valence-corrected chi connectivity index (χ4v) is 4.31. The summed E-state index contributed by atoms with van der Waals surface area (Å²) in [5, 5.41) is 0.947. The molecule has 7 nitrogen and oxygen atoms in total. The molecule has 0 bridgehead atoms. The Labute approximate surface area is 187 Å². The number of hydrogen-bond donors (Lipinski definition) is 2. The zero-order valence-corrected chi connectivity index (χ0v) is 18.9. The second-order valence-electron chi connectivity index (χ2n) is 7.38. The molecule has 0 amide bonds. The molecule has 4 aromatic rings. The zero-order valence-electron chi connectivity index (χ0n) is 18.1. The third kappa shape index (κ3) is 4.40. The monoisotopic (exact) mass is 450 g/mol. The van der Waals surface area contributed by atoms with Crippen LogP contribution in [0.4, 0.5) is 11.4 Å². The molecule has 0 spiro atoms. The van der Waals surface area contributed by atoms with Crippen LogP contribution in [0, 0.1) is 0 Å². The Morgan fingerprint density at radius 1 is 1.06 bits per heavy atom. The molecule has 0 atom stereocenters. The van der Waals surface area contributed by atoms with Gasteiger partial charge in [-0.25, -0.2) is 8.42 Å². The molecule has 0 aliphatic rings. The summed E-state index contributed by atoms with van der Waals surface area (Å²) >= 11 is 0. The summed E-state index contributed by atoms with van der Waals surface area (Å²) in [6.45, 7) is 4.77. The van der Waals surface area contributed by atoms with Crippen molar-refractivity contribution >= 4 is 32.3 Å². The van der Waals surface area contributed by atoms with Crippen LogP contribution >= 0.6 is 0 Å². The zero-order chi connectivity index (χ0) is 22.7. The molecule has 0 saturated heterocycles. The summed E-state index contributed by atoms with van der Waals surface area (Å²) < 4.78 is 34.3. The number of rotatable bonds is 8. The standard InChI is InChI=1S/C24H26N4O3S/c1-3-28-22-15-20(31-16-19-7-5-6-14-26-19)12-13-21(22)23(25)24(28)17-8-10-18(11-9-17)27-32(29,30)4-2/h5-15,27H,3-4,16,25H2,1-2H3. The smallest absolute Gasteiger partial charge is 0.232 e. The Kier molecular flexibility index (Phi) is 6.05. The minimum absolute atomic E-state index is 0.0243. The number of pyridine rings is 1. The number of aryl methyl sites for hydroxylation is 1.